The van der Waals surface area contributed by atoms with E-state index in [0.29, 0.717) is 5.56 Å². The number of hydrogen-bond acceptors (Lipinski definition) is 3. The molecular formula is C14H13N3O. The van der Waals surface area contributed by atoms with Crippen LogP contribution in [-0.4, -0.2) is 18.7 Å². The quantitative estimate of drug-likeness (QED) is 0.784. The van der Waals surface area contributed by atoms with Crippen LogP contribution < -0.4 is 11.1 Å². The Morgan fingerprint density at radius 1 is 1.39 bits per heavy atom. The molecule has 0 aromatic heterocycles. The van der Waals surface area contributed by atoms with E-state index in [1.807, 2.05) is 18.5 Å². The van der Waals surface area contributed by atoms with Crippen molar-refractivity contribution in [1.29, 1.82) is 0 Å². The third-order valence-electron chi connectivity index (χ3n) is 3.22. The summed E-state index contributed by atoms with van der Waals surface area (Å²) in [5, 5.41) is 3.20. The lowest BCUT2D eigenvalue weighted by atomic mass is 9.95. The van der Waals surface area contributed by atoms with Gasteiger partial charge in [0, 0.05) is 30.3 Å². The molecule has 1 amide bonds. The van der Waals surface area contributed by atoms with E-state index in [9.17, 15) is 4.79 Å². The number of fused-ring (bicyclic) bond motifs is 2. The first kappa shape index (κ1) is 10.8. The molecule has 0 fully saturated rings. The van der Waals surface area contributed by atoms with Crippen LogP contribution in [0.4, 0.5) is 5.69 Å². The Bertz CT molecular complexity index is 611. The van der Waals surface area contributed by atoms with Gasteiger partial charge >= 0.3 is 0 Å². The maximum atomic E-state index is 11.2. The maximum Gasteiger partial charge on any atom is 0.248 e. The van der Waals surface area contributed by atoms with Gasteiger partial charge in [-0.25, -0.2) is 0 Å². The summed E-state index contributed by atoms with van der Waals surface area (Å²) in [6, 6.07) is 5.43. The number of nitrogens with zero attached hydrogens (tertiary/aromatic N) is 1. The van der Waals surface area contributed by atoms with Gasteiger partial charge in [-0.1, -0.05) is 6.07 Å². The molecule has 3 rings (SSSR count). The van der Waals surface area contributed by atoms with Gasteiger partial charge in [-0.05, 0) is 35.6 Å². The van der Waals surface area contributed by atoms with Crippen LogP contribution in [0.1, 0.15) is 22.3 Å². The first-order valence-corrected chi connectivity index (χ1v) is 5.84. The van der Waals surface area contributed by atoms with Gasteiger partial charge in [0.25, 0.3) is 0 Å². The topological polar surface area (TPSA) is 67.5 Å². The standard InChI is InChI=1S/C14H13N3O/c15-14(18)10-1-2-11-12-8-16-5-3-9(12)4-6-17-13(11)7-10/h1-3,5-7,16H,4,8H2,(H2,15,18). The lowest BCUT2D eigenvalue weighted by Gasteiger charge is -2.16. The van der Waals surface area contributed by atoms with Crippen LogP contribution in [0.2, 0.25) is 0 Å². The summed E-state index contributed by atoms with van der Waals surface area (Å²) in [6.07, 6.45) is 6.72. The number of allylic oxidation sites excluding steroid dienone is 2. The molecule has 0 spiro atoms. The van der Waals surface area contributed by atoms with E-state index >= 15 is 0 Å². The van der Waals surface area contributed by atoms with E-state index < -0.39 is 5.91 Å². The SMILES string of the molecule is NC(=O)c1ccc2c(c1)N=CCC1=C2CNC=C1. The molecule has 0 aliphatic carbocycles. The molecule has 3 N–H and O–H groups in total. The molecular weight excluding hydrogens is 226 g/mol. The number of hydrogen-bond donors (Lipinski definition) is 2. The van der Waals surface area contributed by atoms with Gasteiger partial charge in [-0.3, -0.25) is 9.79 Å². The van der Waals surface area contributed by atoms with Crippen molar-refractivity contribution < 1.29 is 4.79 Å². The molecule has 0 radical (unpaired) electrons. The fourth-order valence-corrected chi connectivity index (χ4v) is 2.28. The smallest absolute Gasteiger partial charge is 0.248 e. The van der Waals surface area contributed by atoms with Crippen LogP contribution in [0.3, 0.4) is 0 Å². The summed E-state index contributed by atoms with van der Waals surface area (Å²) in [4.78, 5) is 15.6. The van der Waals surface area contributed by atoms with Crippen molar-refractivity contribution in [2.24, 2.45) is 10.7 Å². The molecule has 0 atom stereocenters. The molecule has 2 aliphatic rings. The fraction of sp³-hybridized carbons (Fsp3) is 0.143. The number of primary amides is 1. The molecule has 2 aliphatic heterocycles. The molecule has 0 saturated heterocycles. The number of nitrogens with two attached hydrogens (primary N) is 1. The number of rotatable bonds is 1. The summed E-state index contributed by atoms with van der Waals surface area (Å²) in [5.41, 5.74) is 10.2. The maximum absolute atomic E-state index is 11.2. The monoisotopic (exact) mass is 239 g/mol. The van der Waals surface area contributed by atoms with Gasteiger partial charge in [-0.2, -0.15) is 0 Å². The van der Waals surface area contributed by atoms with Crippen LogP contribution in [0.5, 0.6) is 0 Å². The Labute approximate surface area is 105 Å². The van der Waals surface area contributed by atoms with E-state index in [2.05, 4.69) is 16.4 Å². The number of carbonyl (C=O) groups excluding carboxylic acids is 1. The minimum Gasteiger partial charge on any atom is -0.387 e. The third kappa shape index (κ3) is 1.72. The zero-order valence-corrected chi connectivity index (χ0v) is 9.81. The molecule has 1 aromatic carbocycles. The first-order valence-electron chi connectivity index (χ1n) is 5.84. The van der Waals surface area contributed by atoms with E-state index in [-0.39, 0.29) is 0 Å². The fourth-order valence-electron chi connectivity index (χ4n) is 2.28. The number of amides is 1. The van der Waals surface area contributed by atoms with Crippen LogP contribution in [-0.2, 0) is 0 Å². The van der Waals surface area contributed by atoms with Gasteiger partial charge in [0.05, 0.1) is 5.69 Å². The highest BCUT2D eigenvalue weighted by atomic mass is 16.1. The number of benzene rings is 1. The van der Waals surface area contributed by atoms with Crippen molar-refractivity contribution in [1.82, 2.24) is 5.32 Å². The second kappa shape index (κ2) is 4.14. The Morgan fingerprint density at radius 2 is 2.28 bits per heavy atom. The lowest BCUT2D eigenvalue weighted by molar-refractivity contribution is 0.100. The van der Waals surface area contributed by atoms with Crippen molar-refractivity contribution in [3.8, 4) is 0 Å². The lowest BCUT2D eigenvalue weighted by Crippen LogP contribution is -2.15. The Morgan fingerprint density at radius 3 is 3.11 bits per heavy atom. The van der Waals surface area contributed by atoms with Crippen LogP contribution in [0, 0.1) is 0 Å². The molecule has 0 saturated carbocycles. The average molecular weight is 239 g/mol. The highest BCUT2D eigenvalue weighted by molar-refractivity contribution is 5.96. The van der Waals surface area contributed by atoms with Gasteiger partial charge in [0.1, 0.15) is 0 Å². The van der Waals surface area contributed by atoms with Crippen LogP contribution in [0.25, 0.3) is 5.57 Å². The first-order chi connectivity index (χ1) is 8.75. The number of carbonyl (C=O) groups is 1. The molecule has 4 heteroatoms. The largest absolute Gasteiger partial charge is 0.387 e. The third-order valence-corrected chi connectivity index (χ3v) is 3.22. The van der Waals surface area contributed by atoms with E-state index in [4.69, 9.17) is 5.73 Å². The second-order valence-electron chi connectivity index (χ2n) is 4.33. The number of nitrogens with one attached hydrogen (secondary N) is 1. The van der Waals surface area contributed by atoms with Gasteiger partial charge in [0.15, 0.2) is 0 Å². The van der Waals surface area contributed by atoms with Gasteiger partial charge < -0.3 is 11.1 Å². The van der Waals surface area contributed by atoms with Crippen molar-refractivity contribution in [2.45, 2.75) is 6.42 Å². The Balaban J connectivity index is 2.17. The van der Waals surface area contributed by atoms with E-state index in [0.717, 1.165) is 24.2 Å². The summed E-state index contributed by atoms with van der Waals surface area (Å²) < 4.78 is 0. The van der Waals surface area contributed by atoms with Crippen molar-refractivity contribution in [2.75, 3.05) is 6.54 Å². The normalized spacial score (nSPS) is 16.7. The highest BCUT2D eigenvalue weighted by Crippen LogP contribution is 2.33. The molecule has 90 valence electrons. The molecule has 0 unspecified atom stereocenters. The van der Waals surface area contributed by atoms with E-state index in [1.54, 1.807) is 12.1 Å². The summed E-state index contributed by atoms with van der Waals surface area (Å²) in [5.74, 6) is -0.423. The van der Waals surface area contributed by atoms with Gasteiger partial charge in [-0.15, -0.1) is 0 Å². The van der Waals surface area contributed by atoms with Crippen LogP contribution in [0.15, 0.2) is 41.0 Å². The summed E-state index contributed by atoms with van der Waals surface area (Å²) in [7, 11) is 0. The molecule has 18 heavy (non-hydrogen) atoms. The minimum absolute atomic E-state index is 0.423. The zero-order valence-electron chi connectivity index (χ0n) is 9.81. The Kier molecular flexibility index (Phi) is 2.48. The summed E-state index contributed by atoms with van der Waals surface area (Å²) >= 11 is 0. The minimum atomic E-state index is -0.423. The predicted molar refractivity (Wildman–Crippen MR) is 71.8 cm³/mol. The van der Waals surface area contributed by atoms with Crippen molar-refractivity contribution >= 4 is 23.4 Å². The highest BCUT2D eigenvalue weighted by Gasteiger charge is 2.16. The predicted octanol–water partition coefficient (Wildman–Crippen LogP) is 1.76. The zero-order chi connectivity index (χ0) is 12.5. The van der Waals surface area contributed by atoms with Crippen molar-refractivity contribution in [3.63, 3.8) is 0 Å². The number of dihydropyridines is 1. The number of aliphatic imine (C=N–C) groups is 1. The van der Waals surface area contributed by atoms with Crippen LogP contribution >= 0.6 is 0 Å². The molecule has 1 aromatic rings. The Hall–Kier alpha value is -2.36. The average Bonchev–Trinajstić information content (AvgIpc) is 2.57. The second-order valence-corrected chi connectivity index (χ2v) is 4.33. The molecule has 2 heterocycles. The van der Waals surface area contributed by atoms with E-state index in [1.165, 1.54) is 11.1 Å². The van der Waals surface area contributed by atoms with Gasteiger partial charge in [0.2, 0.25) is 5.91 Å². The molecule has 0 bridgehead atoms. The molecule has 4 nitrogen and oxygen atoms in total. The van der Waals surface area contributed by atoms with Crippen molar-refractivity contribution in [3.05, 3.63) is 47.2 Å². The summed E-state index contributed by atoms with van der Waals surface area (Å²) in [6.45, 7) is 0.790.